The van der Waals surface area contributed by atoms with Crippen molar-refractivity contribution < 1.29 is 14.6 Å². The molecular formula is C23H21FN4O2. The summed E-state index contributed by atoms with van der Waals surface area (Å²) in [4.78, 5) is 4.77. The van der Waals surface area contributed by atoms with Gasteiger partial charge in [-0.15, -0.1) is 0 Å². The van der Waals surface area contributed by atoms with Gasteiger partial charge in [0, 0.05) is 29.4 Å². The topological polar surface area (TPSA) is 82.7 Å². The zero-order chi connectivity index (χ0) is 20.7. The number of aromatic nitrogens is 3. The normalized spacial score (nSPS) is 14.1. The number of fused-ring (bicyclic) bond motifs is 2. The summed E-state index contributed by atoms with van der Waals surface area (Å²) in [7, 11) is 0. The summed E-state index contributed by atoms with van der Waals surface area (Å²) >= 11 is 0. The molecule has 0 bridgehead atoms. The van der Waals surface area contributed by atoms with Crippen LogP contribution < -0.4 is 5.32 Å². The number of phenols is 1. The Bertz CT molecular complexity index is 1220. The molecule has 0 spiro atoms. The molecule has 2 heterocycles. The van der Waals surface area contributed by atoms with Crippen LogP contribution in [0.2, 0.25) is 0 Å². The molecule has 2 aromatic heterocycles. The third kappa shape index (κ3) is 3.37. The van der Waals surface area contributed by atoms with Gasteiger partial charge in [-0.3, -0.25) is 0 Å². The van der Waals surface area contributed by atoms with Gasteiger partial charge in [0.1, 0.15) is 17.4 Å². The maximum absolute atomic E-state index is 13.3. The summed E-state index contributed by atoms with van der Waals surface area (Å²) in [5.41, 5.74) is 5.03. The van der Waals surface area contributed by atoms with Crippen LogP contribution in [0.4, 0.5) is 10.2 Å². The molecule has 3 N–H and O–H groups in total. The van der Waals surface area contributed by atoms with Gasteiger partial charge in [-0.25, -0.2) is 9.37 Å². The molecule has 5 rings (SSSR count). The number of nitrogens with one attached hydrogen (secondary N) is 1. The minimum absolute atomic E-state index is 0.120. The van der Waals surface area contributed by atoms with Gasteiger partial charge in [0.2, 0.25) is 0 Å². The van der Waals surface area contributed by atoms with Crippen LogP contribution in [0.1, 0.15) is 29.3 Å². The van der Waals surface area contributed by atoms with E-state index in [1.165, 1.54) is 12.1 Å². The van der Waals surface area contributed by atoms with Crippen LogP contribution in [-0.2, 0) is 12.8 Å². The summed E-state index contributed by atoms with van der Waals surface area (Å²) in [5, 5.41) is 28.3. The lowest BCUT2D eigenvalue weighted by atomic mass is 10.1. The van der Waals surface area contributed by atoms with Crippen molar-refractivity contribution in [3.63, 3.8) is 0 Å². The van der Waals surface area contributed by atoms with Crippen LogP contribution in [0.25, 0.3) is 16.9 Å². The molecule has 0 saturated heterocycles. The summed E-state index contributed by atoms with van der Waals surface area (Å²) in [5.74, 6) is 0.651. The van der Waals surface area contributed by atoms with Crippen molar-refractivity contribution in [2.75, 3.05) is 11.9 Å². The van der Waals surface area contributed by atoms with E-state index in [0.717, 1.165) is 41.9 Å². The smallest absolute Gasteiger partial charge is 0.158 e. The Kier molecular flexibility index (Phi) is 4.59. The predicted molar refractivity (Wildman–Crippen MR) is 112 cm³/mol. The van der Waals surface area contributed by atoms with E-state index < -0.39 is 6.10 Å². The molecule has 1 atom stereocenters. The van der Waals surface area contributed by atoms with Gasteiger partial charge in [-0.2, -0.15) is 9.61 Å². The second-order valence-corrected chi connectivity index (χ2v) is 7.54. The Hall–Kier alpha value is -3.45. The van der Waals surface area contributed by atoms with Crippen molar-refractivity contribution in [3.8, 4) is 17.0 Å². The highest BCUT2D eigenvalue weighted by Crippen LogP contribution is 2.31. The summed E-state index contributed by atoms with van der Waals surface area (Å²) < 4.78 is 15.0. The third-order valence-electron chi connectivity index (χ3n) is 5.48. The minimum Gasteiger partial charge on any atom is -0.508 e. The monoisotopic (exact) mass is 404 g/mol. The Balaban J connectivity index is 1.50. The van der Waals surface area contributed by atoms with E-state index in [0.29, 0.717) is 16.9 Å². The largest absolute Gasteiger partial charge is 0.508 e. The van der Waals surface area contributed by atoms with Crippen LogP contribution in [0.15, 0.2) is 54.6 Å². The predicted octanol–water partition coefficient (Wildman–Crippen LogP) is 3.88. The number of anilines is 1. The quantitative estimate of drug-likeness (QED) is 0.470. The number of benzene rings is 2. The summed E-state index contributed by atoms with van der Waals surface area (Å²) in [6.45, 7) is 0.265. The van der Waals surface area contributed by atoms with Crippen molar-refractivity contribution in [3.05, 3.63) is 77.2 Å². The Morgan fingerprint density at radius 1 is 1.10 bits per heavy atom. The molecule has 4 aromatic rings. The second kappa shape index (κ2) is 7.42. The van der Waals surface area contributed by atoms with Crippen molar-refractivity contribution in [2.45, 2.75) is 25.4 Å². The highest BCUT2D eigenvalue weighted by atomic mass is 19.1. The molecule has 0 fully saturated rings. The Morgan fingerprint density at radius 2 is 1.93 bits per heavy atom. The van der Waals surface area contributed by atoms with Crippen molar-refractivity contribution in [1.82, 2.24) is 14.6 Å². The van der Waals surface area contributed by atoms with Gasteiger partial charge in [0.25, 0.3) is 0 Å². The van der Waals surface area contributed by atoms with Gasteiger partial charge in [0.15, 0.2) is 5.65 Å². The van der Waals surface area contributed by atoms with Crippen LogP contribution in [0, 0.1) is 5.82 Å². The third-order valence-corrected chi connectivity index (χ3v) is 5.48. The summed E-state index contributed by atoms with van der Waals surface area (Å²) in [6, 6.07) is 14.7. The van der Waals surface area contributed by atoms with Gasteiger partial charge in [0.05, 0.1) is 11.8 Å². The molecule has 152 valence electrons. The zero-order valence-electron chi connectivity index (χ0n) is 16.2. The number of aliphatic hydroxyl groups is 1. The minimum atomic E-state index is -0.788. The fourth-order valence-electron chi connectivity index (χ4n) is 3.97. The molecule has 30 heavy (non-hydrogen) atoms. The van der Waals surface area contributed by atoms with E-state index in [1.54, 1.807) is 40.9 Å². The van der Waals surface area contributed by atoms with Crippen LogP contribution in [-0.4, -0.2) is 31.4 Å². The fraction of sp³-hybridized carbons (Fsp3) is 0.217. The maximum atomic E-state index is 13.3. The number of aromatic hydroxyl groups is 1. The molecule has 1 aliphatic rings. The van der Waals surface area contributed by atoms with Gasteiger partial charge in [-0.1, -0.05) is 12.1 Å². The van der Waals surface area contributed by atoms with E-state index in [4.69, 9.17) is 10.1 Å². The zero-order valence-corrected chi connectivity index (χ0v) is 16.2. The number of hydrogen-bond acceptors (Lipinski definition) is 5. The number of aryl methyl sites for hydroxylation is 1. The lowest BCUT2D eigenvalue weighted by Gasteiger charge is -2.16. The van der Waals surface area contributed by atoms with Gasteiger partial charge >= 0.3 is 0 Å². The van der Waals surface area contributed by atoms with Crippen molar-refractivity contribution in [2.24, 2.45) is 0 Å². The maximum Gasteiger partial charge on any atom is 0.158 e. The van der Waals surface area contributed by atoms with Crippen molar-refractivity contribution in [1.29, 1.82) is 0 Å². The number of aliphatic hydroxyl groups excluding tert-OH is 1. The number of hydrogen-bond donors (Lipinski definition) is 3. The first kappa shape index (κ1) is 18.6. The molecule has 2 aromatic carbocycles. The molecule has 1 unspecified atom stereocenters. The average Bonchev–Trinajstić information content (AvgIpc) is 3.38. The highest BCUT2D eigenvalue weighted by molar-refractivity contribution is 5.67. The first-order chi connectivity index (χ1) is 14.6. The molecule has 7 heteroatoms. The molecule has 0 saturated carbocycles. The number of rotatable bonds is 5. The first-order valence-corrected chi connectivity index (χ1v) is 9.97. The Morgan fingerprint density at radius 3 is 2.73 bits per heavy atom. The lowest BCUT2D eigenvalue weighted by molar-refractivity contribution is 0.191. The SMILES string of the molecule is Oc1cccc(C(O)CNc2c3c(nc4cc(-c5ccc(F)cc5)nn24)CCC3)c1. The van der Waals surface area contributed by atoms with Crippen LogP contribution in [0.3, 0.4) is 0 Å². The van der Waals surface area contributed by atoms with E-state index in [9.17, 15) is 14.6 Å². The van der Waals surface area contributed by atoms with E-state index in [1.807, 2.05) is 6.07 Å². The molecule has 6 nitrogen and oxygen atoms in total. The standard InChI is InChI=1S/C23H21FN4O2/c24-16-9-7-14(8-10-16)20-12-22-26-19-6-2-5-18(19)23(28(22)27-20)25-13-21(30)15-3-1-4-17(29)11-15/h1,3-4,7-12,21,25,29-30H,2,5-6,13H2. The van der Waals surface area contributed by atoms with E-state index >= 15 is 0 Å². The van der Waals surface area contributed by atoms with E-state index in [2.05, 4.69) is 5.32 Å². The Labute approximate surface area is 172 Å². The fourth-order valence-corrected chi connectivity index (χ4v) is 3.97. The van der Waals surface area contributed by atoms with Crippen LogP contribution >= 0.6 is 0 Å². The highest BCUT2D eigenvalue weighted by Gasteiger charge is 2.22. The number of halogens is 1. The number of phenolic OH excluding ortho intramolecular Hbond substituents is 1. The lowest BCUT2D eigenvalue weighted by Crippen LogP contribution is -2.16. The second-order valence-electron chi connectivity index (χ2n) is 7.54. The molecule has 0 amide bonds. The van der Waals surface area contributed by atoms with Gasteiger partial charge in [-0.05, 0) is 61.2 Å². The molecule has 0 aliphatic heterocycles. The molecular weight excluding hydrogens is 383 g/mol. The van der Waals surface area contributed by atoms with Crippen LogP contribution in [0.5, 0.6) is 5.75 Å². The number of nitrogens with zero attached hydrogens (tertiary/aromatic N) is 3. The molecule has 0 radical (unpaired) electrons. The van der Waals surface area contributed by atoms with E-state index in [-0.39, 0.29) is 18.1 Å². The van der Waals surface area contributed by atoms with Crippen molar-refractivity contribution >= 4 is 11.5 Å². The summed E-state index contributed by atoms with van der Waals surface area (Å²) in [6.07, 6.45) is 2.05. The first-order valence-electron chi connectivity index (χ1n) is 9.97. The van der Waals surface area contributed by atoms with Gasteiger partial charge < -0.3 is 15.5 Å². The molecule has 1 aliphatic carbocycles. The average molecular weight is 404 g/mol.